The molecule has 5 atom stereocenters. The second-order valence-corrected chi connectivity index (χ2v) is 10.1. The van der Waals surface area contributed by atoms with Crippen LogP contribution in [0.15, 0.2) is 18.2 Å². The molecule has 0 bridgehead atoms. The lowest BCUT2D eigenvalue weighted by Crippen LogP contribution is -2.64. The quantitative estimate of drug-likeness (QED) is 0.126. The maximum atomic E-state index is 13.2. The fourth-order valence-corrected chi connectivity index (χ4v) is 4.16. The molecule has 2 N–H and O–H groups in total. The van der Waals surface area contributed by atoms with Gasteiger partial charge in [-0.2, -0.15) is 0 Å². The molecule has 0 radical (unpaired) electrons. The zero-order valence-electron chi connectivity index (χ0n) is 26.3. The standard InChI is InChI=1S/C29H42N2O14/c1-17(33)41-23-24(42-18(2)34)26(43-19(3)35)29(45-25(23)28(37)38-6)44-22-8-7-20(16-32)15-21(22)27(36)30-9-11-39-13-14-40-12-10-31(4)5/h7-8,15,23-26,29,32H,9-14,16H2,1-6H3,(H,30,36)/t23-,24-,25-,26+,29+/m0/s1. The summed E-state index contributed by atoms with van der Waals surface area (Å²) in [7, 11) is 4.94. The van der Waals surface area contributed by atoms with E-state index in [1.54, 1.807) is 0 Å². The number of nitrogens with one attached hydrogen (secondary N) is 1. The van der Waals surface area contributed by atoms with Crippen molar-refractivity contribution < 1.29 is 67.0 Å². The summed E-state index contributed by atoms with van der Waals surface area (Å²) in [6.45, 7) is 5.16. The van der Waals surface area contributed by atoms with Crippen LogP contribution in [0, 0.1) is 0 Å². The third-order valence-electron chi connectivity index (χ3n) is 6.14. The van der Waals surface area contributed by atoms with E-state index in [1.807, 2.05) is 19.0 Å². The van der Waals surface area contributed by atoms with Crippen molar-refractivity contribution in [3.05, 3.63) is 29.3 Å². The second kappa shape index (κ2) is 18.9. The van der Waals surface area contributed by atoms with Crippen LogP contribution in [-0.4, -0.2) is 131 Å². The minimum Gasteiger partial charge on any atom is -0.467 e. The minimum atomic E-state index is -1.68. The van der Waals surface area contributed by atoms with Gasteiger partial charge in [-0.25, -0.2) is 4.79 Å². The van der Waals surface area contributed by atoms with E-state index in [2.05, 4.69) is 5.32 Å². The maximum Gasteiger partial charge on any atom is 0.339 e. The number of likely N-dealkylation sites (N-methyl/N-ethyl adjacent to an activating group) is 1. The molecule has 0 saturated carbocycles. The molecule has 16 heteroatoms. The number of methoxy groups -OCH3 is 1. The van der Waals surface area contributed by atoms with Crippen LogP contribution in [0.25, 0.3) is 0 Å². The first-order chi connectivity index (χ1) is 21.4. The van der Waals surface area contributed by atoms with Gasteiger partial charge in [-0.1, -0.05) is 6.07 Å². The average Bonchev–Trinajstić information content (AvgIpc) is 2.97. The van der Waals surface area contributed by atoms with Gasteiger partial charge < -0.3 is 53.2 Å². The van der Waals surface area contributed by atoms with Crippen LogP contribution >= 0.6 is 0 Å². The number of amides is 1. The number of aliphatic hydroxyl groups is 1. The van der Waals surface area contributed by atoms with Gasteiger partial charge in [0.25, 0.3) is 5.91 Å². The molecular formula is C29H42N2O14. The number of hydrogen-bond acceptors (Lipinski definition) is 15. The fraction of sp³-hybridized carbons (Fsp3) is 0.621. The molecule has 0 aliphatic carbocycles. The summed E-state index contributed by atoms with van der Waals surface area (Å²) in [6.07, 6.45) is -8.08. The lowest BCUT2D eigenvalue weighted by Gasteiger charge is -2.43. The molecule has 0 unspecified atom stereocenters. The summed E-state index contributed by atoms with van der Waals surface area (Å²) in [6, 6.07) is 4.21. The van der Waals surface area contributed by atoms with Gasteiger partial charge in [0, 0.05) is 33.9 Å². The van der Waals surface area contributed by atoms with Crippen LogP contribution in [0.4, 0.5) is 0 Å². The molecule has 1 aromatic carbocycles. The maximum absolute atomic E-state index is 13.2. The Labute approximate surface area is 261 Å². The molecular weight excluding hydrogens is 600 g/mol. The Morgan fingerprint density at radius 2 is 1.47 bits per heavy atom. The van der Waals surface area contributed by atoms with Crippen molar-refractivity contribution in [3.8, 4) is 5.75 Å². The van der Waals surface area contributed by atoms with Gasteiger partial charge in [0.1, 0.15) is 5.75 Å². The molecule has 252 valence electrons. The Morgan fingerprint density at radius 3 is 2.04 bits per heavy atom. The van der Waals surface area contributed by atoms with Crippen LogP contribution in [0.1, 0.15) is 36.7 Å². The highest BCUT2D eigenvalue weighted by Gasteiger charge is 2.56. The van der Waals surface area contributed by atoms with E-state index >= 15 is 0 Å². The summed E-state index contributed by atoms with van der Waals surface area (Å²) >= 11 is 0. The van der Waals surface area contributed by atoms with E-state index in [0.29, 0.717) is 25.4 Å². The molecule has 0 aromatic heterocycles. The number of hydrogen-bond donors (Lipinski definition) is 2. The van der Waals surface area contributed by atoms with E-state index in [-0.39, 0.29) is 24.5 Å². The van der Waals surface area contributed by atoms with Crippen LogP contribution in [0.2, 0.25) is 0 Å². The molecule has 1 aliphatic rings. The van der Waals surface area contributed by atoms with Crippen molar-refractivity contribution in [3.63, 3.8) is 0 Å². The summed E-state index contributed by atoms with van der Waals surface area (Å²) in [5.74, 6) is -4.26. The van der Waals surface area contributed by atoms with Crippen molar-refractivity contribution in [1.82, 2.24) is 10.2 Å². The molecule has 1 aliphatic heterocycles. The number of esters is 4. The number of benzene rings is 1. The highest BCUT2D eigenvalue weighted by Crippen LogP contribution is 2.32. The Balaban J connectivity index is 2.28. The van der Waals surface area contributed by atoms with Crippen molar-refractivity contribution in [2.24, 2.45) is 0 Å². The SMILES string of the molecule is COC(=O)[C@H]1O[C@@H](Oc2ccc(CO)cc2C(=O)NCCOCCOCCN(C)C)[C@H](OC(C)=O)[C@@H](OC(C)=O)[C@@H]1OC(C)=O. The summed E-state index contributed by atoms with van der Waals surface area (Å²) in [5, 5.41) is 12.4. The van der Waals surface area contributed by atoms with Gasteiger partial charge >= 0.3 is 23.9 Å². The molecule has 0 spiro atoms. The molecule has 1 fully saturated rings. The Kier molecular flexibility index (Phi) is 15.7. The van der Waals surface area contributed by atoms with Crippen molar-refractivity contribution in [2.45, 2.75) is 58.1 Å². The third kappa shape index (κ3) is 12.2. The first kappa shape index (κ1) is 37.4. The number of carbonyl (C=O) groups excluding carboxylic acids is 5. The van der Waals surface area contributed by atoms with Crippen LogP contribution in [0.5, 0.6) is 5.75 Å². The average molecular weight is 643 g/mol. The van der Waals surface area contributed by atoms with Crippen LogP contribution in [-0.2, 0) is 58.9 Å². The number of aliphatic hydroxyl groups excluding tert-OH is 1. The predicted molar refractivity (Wildman–Crippen MR) is 153 cm³/mol. The van der Waals surface area contributed by atoms with Gasteiger partial charge in [-0.05, 0) is 31.8 Å². The Morgan fingerprint density at radius 1 is 0.867 bits per heavy atom. The molecule has 45 heavy (non-hydrogen) atoms. The van der Waals surface area contributed by atoms with Gasteiger partial charge in [0.2, 0.25) is 12.4 Å². The molecule has 1 amide bonds. The van der Waals surface area contributed by atoms with Crippen molar-refractivity contribution >= 4 is 29.8 Å². The normalized spacial score (nSPS) is 21.0. The largest absolute Gasteiger partial charge is 0.467 e. The first-order valence-corrected chi connectivity index (χ1v) is 14.1. The number of carbonyl (C=O) groups is 5. The number of nitrogens with zero attached hydrogens (tertiary/aromatic N) is 1. The Hall–Kier alpha value is -3.83. The molecule has 16 nitrogen and oxygen atoms in total. The smallest absolute Gasteiger partial charge is 0.339 e. The monoisotopic (exact) mass is 642 g/mol. The third-order valence-corrected chi connectivity index (χ3v) is 6.14. The molecule has 1 heterocycles. The first-order valence-electron chi connectivity index (χ1n) is 14.1. The van der Waals surface area contributed by atoms with Gasteiger partial charge in [0.15, 0.2) is 18.3 Å². The van der Waals surface area contributed by atoms with E-state index in [1.165, 1.54) is 18.2 Å². The van der Waals surface area contributed by atoms with Gasteiger partial charge in [-0.15, -0.1) is 0 Å². The van der Waals surface area contributed by atoms with E-state index < -0.39 is 67.1 Å². The van der Waals surface area contributed by atoms with Crippen LogP contribution < -0.4 is 10.1 Å². The predicted octanol–water partition coefficient (Wildman–Crippen LogP) is -0.425. The lowest BCUT2D eigenvalue weighted by atomic mass is 9.97. The summed E-state index contributed by atoms with van der Waals surface area (Å²) in [4.78, 5) is 63.9. The fourth-order valence-electron chi connectivity index (χ4n) is 4.16. The van der Waals surface area contributed by atoms with E-state index in [0.717, 1.165) is 34.4 Å². The number of rotatable bonds is 17. The lowest BCUT2D eigenvalue weighted by molar-refractivity contribution is -0.282. The van der Waals surface area contributed by atoms with Gasteiger partial charge in [0.05, 0.1) is 45.7 Å². The summed E-state index contributed by atoms with van der Waals surface area (Å²) in [5.41, 5.74) is 0.333. The van der Waals surface area contributed by atoms with Crippen LogP contribution in [0.3, 0.4) is 0 Å². The zero-order chi connectivity index (χ0) is 33.5. The van der Waals surface area contributed by atoms with Crippen molar-refractivity contribution in [1.29, 1.82) is 0 Å². The minimum absolute atomic E-state index is 0.0421. The highest BCUT2D eigenvalue weighted by atomic mass is 16.7. The number of ether oxygens (including phenoxy) is 8. The molecule has 1 aromatic rings. The van der Waals surface area contributed by atoms with E-state index in [4.69, 9.17) is 37.9 Å². The van der Waals surface area contributed by atoms with Gasteiger partial charge in [-0.3, -0.25) is 19.2 Å². The topological polar surface area (TPSA) is 195 Å². The van der Waals surface area contributed by atoms with E-state index in [9.17, 15) is 29.1 Å². The second-order valence-electron chi connectivity index (χ2n) is 10.1. The summed E-state index contributed by atoms with van der Waals surface area (Å²) < 4.78 is 43.4. The van der Waals surface area contributed by atoms with Crippen molar-refractivity contribution in [2.75, 3.05) is 60.7 Å². The molecule has 1 saturated heterocycles. The Bertz CT molecular complexity index is 1160. The molecule has 2 rings (SSSR count). The highest BCUT2D eigenvalue weighted by molar-refractivity contribution is 5.97. The zero-order valence-corrected chi connectivity index (χ0v) is 26.3.